The van der Waals surface area contributed by atoms with E-state index in [2.05, 4.69) is 46.7 Å². The smallest absolute Gasteiger partial charge is 0.358 e. The second kappa shape index (κ2) is 16.9. The van der Waals surface area contributed by atoms with Gasteiger partial charge < -0.3 is 30.5 Å². The minimum atomic E-state index is -0.229. The Balaban J connectivity index is 0.00000200. The summed E-state index contributed by atoms with van der Waals surface area (Å²) in [5, 5.41) is 10.5. The van der Waals surface area contributed by atoms with Crippen LogP contribution in [0.2, 0.25) is 0 Å². The number of H-pyrrole nitrogens is 1. The number of amides is 2. The van der Waals surface area contributed by atoms with Crippen LogP contribution in [0.3, 0.4) is 0 Å². The van der Waals surface area contributed by atoms with E-state index in [0.717, 1.165) is 47.7 Å². The number of nitrogens with one attached hydrogen (secondary N) is 3. The zero-order valence-corrected chi connectivity index (χ0v) is 32.6. The molecule has 214 valence electrons. The molecule has 2 aliphatic rings. The number of rotatable bonds is 8. The molecule has 3 unspecified atom stereocenters. The molecule has 5 rings (SSSR count). The monoisotopic (exact) mass is 705 g/mol. The van der Waals surface area contributed by atoms with Gasteiger partial charge in [-0.3, -0.25) is 14.3 Å². The molecule has 3 atom stereocenters. The fourth-order valence-electron chi connectivity index (χ4n) is 6.00. The number of carbonyl (C=O) groups is 2. The molecule has 0 spiro atoms. The van der Waals surface area contributed by atoms with E-state index in [1.807, 2.05) is 13.0 Å². The molecule has 10 heteroatoms. The summed E-state index contributed by atoms with van der Waals surface area (Å²) in [6.07, 6.45) is 8.10. The molecule has 0 radical (unpaired) electrons. The van der Waals surface area contributed by atoms with Crippen LogP contribution in [0.4, 0.5) is 0 Å². The number of aromatic amines is 1. The number of imidazole rings is 1. The van der Waals surface area contributed by atoms with Crippen LogP contribution < -0.4 is 79.5 Å². The molecule has 8 nitrogen and oxygen atoms in total. The van der Waals surface area contributed by atoms with E-state index >= 15 is 0 Å². The molecule has 1 aliphatic heterocycles. The third-order valence-electron chi connectivity index (χ3n) is 8.37. The third-order valence-corrected chi connectivity index (χ3v) is 8.37. The van der Waals surface area contributed by atoms with Gasteiger partial charge in [0.2, 0.25) is 5.91 Å². The van der Waals surface area contributed by atoms with Crippen LogP contribution >= 0.6 is 0 Å². The quantitative estimate of drug-likeness (QED) is 0.313. The van der Waals surface area contributed by atoms with Gasteiger partial charge >= 0.3 is 68.9 Å². The molecule has 2 aromatic heterocycles. The molecule has 2 amide bonds. The van der Waals surface area contributed by atoms with Crippen LogP contribution in [0.5, 0.6) is 0 Å². The maximum atomic E-state index is 13.4. The number of benzene rings is 1. The third kappa shape index (κ3) is 8.50. The van der Waals surface area contributed by atoms with E-state index in [9.17, 15) is 9.59 Å². The van der Waals surface area contributed by atoms with Crippen molar-refractivity contribution in [1.29, 1.82) is 0 Å². The Hall–Kier alpha value is -0.576. The van der Waals surface area contributed by atoms with Gasteiger partial charge in [-0.15, -0.1) is 0 Å². The topological polar surface area (TPSA) is 105 Å². The summed E-state index contributed by atoms with van der Waals surface area (Å²) in [7, 11) is 0. The Bertz CT molecular complexity index is 1240. The fourth-order valence-corrected chi connectivity index (χ4v) is 6.00. The van der Waals surface area contributed by atoms with E-state index < -0.39 is 0 Å². The van der Waals surface area contributed by atoms with Crippen molar-refractivity contribution >= 4 is 22.8 Å². The summed E-state index contributed by atoms with van der Waals surface area (Å²) in [5.41, 5.74) is 3.52. The summed E-state index contributed by atoms with van der Waals surface area (Å²) in [6.45, 7) is 7.97. The summed E-state index contributed by atoms with van der Waals surface area (Å²) in [4.78, 5) is 33.9. The number of hydrogen-bond acceptors (Lipinski definition) is 4. The number of aryl methyl sites for hydroxylation is 1. The molecule has 2 fully saturated rings. The Labute approximate surface area is 309 Å². The number of fused-ring (bicyclic) bond motifs is 1. The van der Waals surface area contributed by atoms with Gasteiger partial charge in [0.1, 0.15) is 11.5 Å². The molecule has 40 heavy (non-hydrogen) atoms. The van der Waals surface area contributed by atoms with Crippen molar-refractivity contribution in [2.24, 2.45) is 23.7 Å². The van der Waals surface area contributed by atoms with Crippen LogP contribution in [-0.2, 0) is 35.1 Å². The molecular weight excluding hydrogens is 661 g/mol. The van der Waals surface area contributed by atoms with E-state index in [0.29, 0.717) is 18.2 Å². The normalized spacial score (nSPS) is 21.6. The van der Waals surface area contributed by atoms with Crippen LogP contribution in [0.1, 0.15) is 80.8 Å². The van der Waals surface area contributed by atoms with Gasteiger partial charge in [-0.1, -0.05) is 32.8 Å². The Morgan fingerprint density at radius 3 is 2.52 bits per heavy atom. The average molecular weight is 706 g/mol. The van der Waals surface area contributed by atoms with Gasteiger partial charge in [-0.25, -0.2) is 4.98 Å². The number of nitrogens with zero attached hydrogens (tertiary/aromatic N) is 3. The van der Waals surface area contributed by atoms with Gasteiger partial charge in [0.25, 0.3) is 5.91 Å². The van der Waals surface area contributed by atoms with Crippen LogP contribution in [0, 0.1) is 38.5 Å². The summed E-state index contributed by atoms with van der Waals surface area (Å²) < 4.78 is 1.73. The van der Waals surface area contributed by atoms with Crippen LogP contribution in [-0.4, -0.2) is 38.1 Å². The molecular formula is C30H44CrCsN6O2-. The largest absolute Gasteiger partial charge is 1.00 e. The zero-order valence-electron chi connectivity index (χ0n) is 25.0. The Kier molecular flexibility index (Phi) is 15.8. The van der Waals surface area contributed by atoms with Gasteiger partial charge in [-0.2, -0.15) is 5.10 Å². The van der Waals surface area contributed by atoms with E-state index in [4.69, 9.17) is 4.98 Å². The number of aromatic nitrogens is 4. The van der Waals surface area contributed by atoms with Crippen molar-refractivity contribution in [3.05, 3.63) is 62.4 Å². The average Bonchev–Trinajstić information content (AvgIpc) is 3.62. The van der Waals surface area contributed by atoms with Crippen molar-refractivity contribution < 1.29 is 95.8 Å². The maximum Gasteiger partial charge on any atom is 1.00 e. The van der Waals surface area contributed by atoms with Gasteiger partial charge in [0, 0.05) is 42.6 Å². The van der Waals surface area contributed by atoms with Crippen molar-refractivity contribution in [3.63, 3.8) is 0 Å². The molecule has 1 saturated heterocycles. The fraction of sp³-hybridized carbons (Fsp3) is 0.533. The molecule has 1 aliphatic carbocycles. The summed E-state index contributed by atoms with van der Waals surface area (Å²) in [5.74, 6) is 2.39. The van der Waals surface area contributed by atoms with Gasteiger partial charge in [0.15, 0.2) is 0 Å². The van der Waals surface area contributed by atoms with Gasteiger partial charge in [0.05, 0.1) is 17.1 Å². The molecule has 3 N–H and O–H groups in total. The molecule has 1 saturated carbocycles. The summed E-state index contributed by atoms with van der Waals surface area (Å²) in [6, 6.07) is 7.74. The van der Waals surface area contributed by atoms with E-state index in [-0.39, 0.29) is 131 Å². The standard InChI is InChI=1S/C28H38N6O2.2CH3.Cr.Cs/c1-4-34-24(12-14-30-34)28(36)33-25(18(3)20-8-5-17(2)6-9-20)26-31-22-10-7-19(16-23(22)32-26)15-21-11-13-29-27(21)35;;;;/h7,10,12,14,16-18,20-21,25H,4-6,8-9,11,13,15H2,1-3H3,(H,29,35)(H,31,32)(H,33,36);2*1H3;;/q;2*-1;;+1. The first kappa shape index (κ1) is 37.4. The molecule has 3 aromatic rings. The number of carbonyl (C=O) groups excluding carboxylic acids is 2. The molecule has 0 bridgehead atoms. The van der Waals surface area contributed by atoms with Gasteiger partial charge in [-0.05, 0) is 74.1 Å². The SMILES string of the molecule is CCn1nccc1C(=O)NC(c1nc2ccc(CC3CCNC3=O)cc2[nH]1)C(C)C1CCC(C)CC1.[CH3-].[CH3-].[Cr].[Cs+]. The van der Waals surface area contributed by atoms with E-state index in [1.54, 1.807) is 16.9 Å². The maximum absolute atomic E-state index is 13.4. The second-order valence-corrected chi connectivity index (χ2v) is 10.8. The minimum Gasteiger partial charge on any atom is -0.358 e. The predicted octanol–water partition coefficient (Wildman–Crippen LogP) is 2.29. The Morgan fingerprint density at radius 1 is 1.15 bits per heavy atom. The summed E-state index contributed by atoms with van der Waals surface area (Å²) >= 11 is 0. The first-order chi connectivity index (χ1) is 17.4. The number of hydrogen-bond donors (Lipinski definition) is 3. The molecule has 3 heterocycles. The first-order valence-corrected chi connectivity index (χ1v) is 13.5. The predicted molar refractivity (Wildman–Crippen MR) is 152 cm³/mol. The zero-order chi connectivity index (χ0) is 25.2. The van der Waals surface area contributed by atoms with E-state index in [1.165, 1.54) is 25.7 Å². The van der Waals surface area contributed by atoms with Crippen molar-refractivity contribution in [2.75, 3.05) is 6.54 Å². The first-order valence-electron chi connectivity index (χ1n) is 13.5. The van der Waals surface area contributed by atoms with Crippen LogP contribution in [0.25, 0.3) is 11.0 Å². The van der Waals surface area contributed by atoms with Crippen molar-refractivity contribution in [1.82, 2.24) is 30.4 Å². The minimum absolute atomic E-state index is 0. The van der Waals surface area contributed by atoms with Crippen LogP contribution in [0.15, 0.2) is 30.5 Å². The Morgan fingerprint density at radius 2 is 1.88 bits per heavy atom. The van der Waals surface area contributed by atoms with Crippen molar-refractivity contribution in [2.45, 2.75) is 71.9 Å². The molecule has 1 aromatic carbocycles. The van der Waals surface area contributed by atoms with Crippen molar-refractivity contribution in [3.8, 4) is 0 Å². The second-order valence-electron chi connectivity index (χ2n) is 10.8.